The van der Waals surface area contributed by atoms with Gasteiger partial charge < -0.3 is 4.90 Å². The van der Waals surface area contributed by atoms with Crippen LogP contribution >= 0.6 is 0 Å². The molecule has 1 aliphatic heterocycles. The first-order valence-corrected chi connectivity index (χ1v) is 6.94. The van der Waals surface area contributed by atoms with E-state index in [1.165, 1.54) is 58.0 Å². The maximum absolute atomic E-state index is 8.53. The van der Waals surface area contributed by atoms with Crippen molar-refractivity contribution < 1.29 is 0 Å². The normalized spacial score (nSPS) is 25.4. The van der Waals surface area contributed by atoms with Gasteiger partial charge in [0.2, 0.25) is 0 Å². The summed E-state index contributed by atoms with van der Waals surface area (Å²) in [4.78, 5) is 2.57. The average Bonchev–Trinajstić information content (AvgIpc) is 2.33. The minimum atomic E-state index is 0.724. The molecule has 2 aliphatic rings. The second-order valence-electron chi connectivity index (χ2n) is 5.66. The van der Waals surface area contributed by atoms with Crippen molar-refractivity contribution in [1.29, 1.82) is 5.26 Å². The van der Waals surface area contributed by atoms with Gasteiger partial charge in [0.1, 0.15) is 0 Å². The first kappa shape index (κ1) is 11.9. The third-order valence-corrected chi connectivity index (χ3v) is 4.59. The van der Waals surface area contributed by atoms with Crippen LogP contribution in [0.3, 0.4) is 0 Å². The molecule has 1 spiro atoms. The van der Waals surface area contributed by atoms with Crippen LogP contribution in [0.4, 0.5) is 0 Å². The van der Waals surface area contributed by atoms with E-state index in [9.17, 15) is 0 Å². The van der Waals surface area contributed by atoms with Crippen molar-refractivity contribution in [3.05, 3.63) is 0 Å². The van der Waals surface area contributed by atoms with Gasteiger partial charge in [0, 0.05) is 6.42 Å². The zero-order chi connectivity index (χ0) is 11.3. The molecule has 0 amide bonds. The van der Waals surface area contributed by atoms with E-state index >= 15 is 0 Å². The van der Waals surface area contributed by atoms with Gasteiger partial charge in [-0.3, -0.25) is 0 Å². The molecule has 0 aromatic rings. The average molecular weight is 220 g/mol. The quantitative estimate of drug-likeness (QED) is 0.682. The summed E-state index contributed by atoms with van der Waals surface area (Å²) >= 11 is 0. The third-order valence-electron chi connectivity index (χ3n) is 4.59. The lowest BCUT2D eigenvalue weighted by atomic mass is 9.68. The summed E-state index contributed by atoms with van der Waals surface area (Å²) < 4.78 is 0. The molecule has 0 atom stereocenters. The van der Waals surface area contributed by atoms with E-state index in [1.807, 2.05) is 0 Å². The molecule has 0 radical (unpaired) electrons. The van der Waals surface area contributed by atoms with Crippen molar-refractivity contribution in [2.45, 2.75) is 57.8 Å². The first-order chi connectivity index (χ1) is 7.85. The molecule has 1 saturated heterocycles. The molecule has 0 bridgehead atoms. The van der Waals surface area contributed by atoms with Gasteiger partial charge >= 0.3 is 0 Å². The second-order valence-corrected chi connectivity index (χ2v) is 5.66. The van der Waals surface area contributed by atoms with Crippen LogP contribution in [0.25, 0.3) is 0 Å². The van der Waals surface area contributed by atoms with Crippen LogP contribution in [0, 0.1) is 16.7 Å². The molecule has 0 aromatic heterocycles. The molecule has 1 aliphatic carbocycles. The van der Waals surface area contributed by atoms with Crippen LogP contribution in [-0.4, -0.2) is 24.5 Å². The van der Waals surface area contributed by atoms with E-state index in [0.717, 1.165) is 24.8 Å². The lowest BCUT2D eigenvalue weighted by molar-refractivity contribution is 0.0675. The van der Waals surface area contributed by atoms with Crippen LogP contribution in [0.15, 0.2) is 0 Å². The Hall–Kier alpha value is -0.550. The smallest absolute Gasteiger partial charge is 0.0622 e. The Bertz CT molecular complexity index is 238. The van der Waals surface area contributed by atoms with Crippen molar-refractivity contribution in [2.24, 2.45) is 5.41 Å². The Morgan fingerprint density at radius 1 is 1.00 bits per heavy atom. The Kier molecular flexibility index (Phi) is 4.23. The number of nitrogens with zero attached hydrogens (tertiary/aromatic N) is 2. The van der Waals surface area contributed by atoms with Crippen LogP contribution in [0.5, 0.6) is 0 Å². The number of likely N-dealkylation sites (tertiary alicyclic amines) is 1. The van der Waals surface area contributed by atoms with Gasteiger partial charge in [-0.1, -0.05) is 19.3 Å². The predicted molar refractivity (Wildman–Crippen MR) is 66.0 cm³/mol. The molecule has 16 heavy (non-hydrogen) atoms. The van der Waals surface area contributed by atoms with Crippen molar-refractivity contribution in [1.82, 2.24) is 4.90 Å². The fourth-order valence-corrected chi connectivity index (χ4v) is 3.43. The Morgan fingerprint density at radius 2 is 1.69 bits per heavy atom. The lowest BCUT2D eigenvalue weighted by Crippen LogP contribution is -2.41. The number of rotatable bonds is 3. The van der Waals surface area contributed by atoms with Crippen molar-refractivity contribution in [3.63, 3.8) is 0 Å². The first-order valence-electron chi connectivity index (χ1n) is 6.94. The molecular formula is C14H24N2. The highest BCUT2D eigenvalue weighted by atomic mass is 15.1. The molecule has 0 aromatic carbocycles. The lowest BCUT2D eigenvalue weighted by Gasteiger charge is -2.44. The largest absolute Gasteiger partial charge is 0.303 e. The molecule has 2 fully saturated rings. The fourth-order valence-electron chi connectivity index (χ4n) is 3.43. The number of nitriles is 1. The molecule has 1 saturated carbocycles. The summed E-state index contributed by atoms with van der Waals surface area (Å²) in [6.45, 7) is 3.71. The van der Waals surface area contributed by atoms with Crippen molar-refractivity contribution >= 4 is 0 Å². The van der Waals surface area contributed by atoms with Gasteiger partial charge in [0.25, 0.3) is 0 Å². The summed E-state index contributed by atoms with van der Waals surface area (Å²) in [5.41, 5.74) is 0.726. The number of hydrogen-bond acceptors (Lipinski definition) is 2. The van der Waals surface area contributed by atoms with Gasteiger partial charge in [0.15, 0.2) is 0 Å². The van der Waals surface area contributed by atoms with E-state index in [2.05, 4.69) is 11.0 Å². The third kappa shape index (κ3) is 2.98. The highest BCUT2D eigenvalue weighted by Crippen LogP contribution is 2.44. The molecular weight excluding hydrogens is 196 g/mol. The Morgan fingerprint density at radius 3 is 2.31 bits per heavy atom. The molecule has 2 rings (SSSR count). The van der Waals surface area contributed by atoms with Crippen LogP contribution < -0.4 is 0 Å². The highest BCUT2D eigenvalue weighted by molar-refractivity contribution is 4.88. The molecule has 0 N–H and O–H groups in total. The molecule has 0 unspecified atom stereocenters. The van der Waals surface area contributed by atoms with Crippen LogP contribution in [-0.2, 0) is 0 Å². The van der Waals surface area contributed by atoms with Crippen molar-refractivity contribution in [2.75, 3.05) is 19.6 Å². The second kappa shape index (κ2) is 5.68. The minimum Gasteiger partial charge on any atom is -0.303 e. The highest BCUT2D eigenvalue weighted by Gasteiger charge is 2.34. The van der Waals surface area contributed by atoms with Gasteiger partial charge in [-0.15, -0.1) is 0 Å². The number of unbranched alkanes of at least 4 members (excludes halogenated alkanes) is 1. The summed E-state index contributed by atoms with van der Waals surface area (Å²) in [7, 11) is 0. The molecule has 2 heteroatoms. The molecule has 2 nitrogen and oxygen atoms in total. The zero-order valence-electron chi connectivity index (χ0n) is 10.4. The predicted octanol–water partition coefficient (Wildman–Crippen LogP) is 3.34. The maximum Gasteiger partial charge on any atom is 0.0622 e. The standard InChI is InChI=1S/C14H24N2/c15-10-4-5-11-16-12-8-14(9-13-16)6-2-1-3-7-14/h1-9,11-13H2. The maximum atomic E-state index is 8.53. The van der Waals surface area contributed by atoms with Gasteiger partial charge in [0.05, 0.1) is 6.07 Å². The van der Waals surface area contributed by atoms with Gasteiger partial charge in [-0.05, 0) is 57.2 Å². The minimum absolute atomic E-state index is 0.724. The number of hydrogen-bond donors (Lipinski definition) is 0. The number of piperidine rings is 1. The van der Waals surface area contributed by atoms with E-state index in [0.29, 0.717) is 0 Å². The zero-order valence-corrected chi connectivity index (χ0v) is 10.4. The summed E-state index contributed by atoms with van der Waals surface area (Å²) in [6, 6.07) is 2.24. The Labute approximate surface area is 99.6 Å². The monoisotopic (exact) mass is 220 g/mol. The summed E-state index contributed by atoms with van der Waals surface area (Å²) in [6.07, 6.45) is 12.0. The van der Waals surface area contributed by atoms with Crippen molar-refractivity contribution in [3.8, 4) is 6.07 Å². The topological polar surface area (TPSA) is 27.0 Å². The van der Waals surface area contributed by atoms with E-state index < -0.39 is 0 Å². The summed E-state index contributed by atoms with van der Waals surface area (Å²) in [5.74, 6) is 0. The fraction of sp³-hybridized carbons (Fsp3) is 0.929. The molecule has 90 valence electrons. The Balaban J connectivity index is 1.71. The summed E-state index contributed by atoms with van der Waals surface area (Å²) in [5, 5.41) is 8.53. The van der Waals surface area contributed by atoms with E-state index in [4.69, 9.17) is 5.26 Å². The van der Waals surface area contributed by atoms with Crippen LogP contribution in [0.2, 0.25) is 0 Å². The van der Waals surface area contributed by atoms with Crippen LogP contribution in [0.1, 0.15) is 57.8 Å². The van der Waals surface area contributed by atoms with Gasteiger partial charge in [-0.2, -0.15) is 5.26 Å². The van der Waals surface area contributed by atoms with E-state index in [-0.39, 0.29) is 0 Å². The van der Waals surface area contributed by atoms with Gasteiger partial charge in [-0.25, -0.2) is 0 Å². The molecule has 1 heterocycles. The van der Waals surface area contributed by atoms with E-state index in [1.54, 1.807) is 0 Å². The SMILES string of the molecule is N#CCCCN1CCC2(CCCCC2)CC1.